The summed E-state index contributed by atoms with van der Waals surface area (Å²) in [7, 11) is 0. The first-order valence-electron chi connectivity index (χ1n) is 11.4. The van der Waals surface area contributed by atoms with Crippen molar-refractivity contribution in [2.75, 3.05) is 5.32 Å². The molecule has 0 radical (unpaired) electrons. The highest BCUT2D eigenvalue weighted by molar-refractivity contribution is 6.31. The standard InChI is InChI=1S/C28H30ClN3O/c1-17(2)21-10-8-11-22(18(3)4)28(21)31-27(33)16-26-30-23-14-13-20(29)15-25(23)32(26)24-12-7-6-9-19(24)5/h6-15,17-18H,16H2,1-5H3,(H,31,33). The van der Waals surface area contributed by atoms with Crippen LogP contribution in [0.25, 0.3) is 16.7 Å². The van der Waals surface area contributed by atoms with Gasteiger partial charge in [-0.15, -0.1) is 0 Å². The van der Waals surface area contributed by atoms with E-state index in [-0.39, 0.29) is 12.3 Å². The van der Waals surface area contributed by atoms with E-state index in [0.717, 1.165) is 39.1 Å². The van der Waals surface area contributed by atoms with E-state index in [1.165, 1.54) is 0 Å². The van der Waals surface area contributed by atoms with Gasteiger partial charge in [-0.05, 0) is 59.7 Å². The Balaban J connectivity index is 1.76. The lowest BCUT2D eigenvalue weighted by Gasteiger charge is -2.20. The van der Waals surface area contributed by atoms with Gasteiger partial charge in [-0.25, -0.2) is 4.98 Å². The number of benzene rings is 3. The van der Waals surface area contributed by atoms with Crippen molar-refractivity contribution in [2.24, 2.45) is 0 Å². The molecule has 0 fully saturated rings. The predicted molar refractivity (Wildman–Crippen MR) is 138 cm³/mol. The van der Waals surface area contributed by atoms with Crippen molar-refractivity contribution < 1.29 is 4.79 Å². The average molecular weight is 460 g/mol. The summed E-state index contributed by atoms with van der Waals surface area (Å²) in [6.07, 6.45) is 0.157. The molecule has 0 bridgehead atoms. The van der Waals surface area contributed by atoms with Gasteiger partial charge < -0.3 is 5.32 Å². The fourth-order valence-corrected chi connectivity index (χ4v) is 4.49. The second-order valence-electron chi connectivity index (χ2n) is 9.13. The second-order valence-corrected chi connectivity index (χ2v) is 9.57. The number of aromatic nitrogens is 2. The molecule has 0 aliphatic carbocycles. The number of imidazole rings is 1. The van der Waals surface area contributed by atoms with Crippen LogP contribution in [0.1, 0.15) is 62.0 Å². The lowest BCUT2D eigenvalue weighted by atomic mass is 9.92. The van der Waals surface area contributed by atoms with Gasteiger partial charge in [0.1, 0.15) is 5.82 Å². The number of rotatable bonds is 6. The number of hydrogen-bond acceptors (Lipinski definition) is 2. The molecule has 1 aromatic heterocycles. The smallest absolute Gasteiger partial charge is 0.232 e. The lowest BCUT2D eigenvalue weighted by Crippen LogP contribution is -2.20. The number of fused-ring (bicyclic) bond motifs is 1. The number of nitrogens with zero attached hydrogens (tertiary/aromatic N) is 2. The molecule has 1 N–H and O–H groups in total. The molecule has 0 spiro atoms. The quantitative estimate of drug-likeness (QED) is 0.326. The molecule has 170 valence electrons. The van der Waals surface area contributed by atoms with Crippen molar-refractivity contribution in [1.82, 2.24) is 9.55 Å². The summed E-state index contributed by atoms with van der Waals surface area (Å²) in [5.41, 5.74) is 7.03. The summed E-state index contributed by atoms with van der Waals surface area (Å²) in [6, 6.07) is 20.0. The molecule has 0 saturated carbocycles. The van der Waals surface area contributed by atoms with E-state index in [9.17, 15) is 4.79 Å². The van der Waals surface area contributed by atoms with Crippen molar-refractivity contribution in [1.29, 1.82) is 0 Å². The van der Waals surface area contributed by atoms with Gasteiger partial charge in [0, 0.05) is 10.7 Å². The Hall–Kier alpha value is -3.11. The van der Waals surface area contributed by atoms with E-state index < -0.39 is 0 Å². The van der Waals surface area contributed by atoms with Crippen LogP contribution >= 0.6 is 11.6 Å². The highest BCUT2D eigenvalue weighted by Crippen LogP contribution is 2.33. The van der Waals surface area contributed by atoms with E-state index in [1.54, 1.807) is 0 Å². The van der Waals surface area contributed by atoms with Crippen molar-refractivity contribution in [3.63, 3.8) is 0 Å². The first-order valence-corrected chi connectivity index (χ1v) is 11.8. The molecule has 1 amide bonds. The van der Waals surface area contributed by atoms with E-state index in [1.807, 2.05) is 41.0 Å². The molecule has 4 nitrogen and oxygen atoms in total. The molecule has 33 heavy (non-hydrogen) atoms. The van der Waals surface area contributed by atoms with Crippen LogP contribution in [0.3, 0.4) is 0 Å². The van der Waals surface area contributed by atoms with Crippen molar-refractivity contribution in [2.45, 2.75) is 52.9 Å². The zero-order valence-corrected chi connectivity index (χ0v) is 20.6. The number of amides is 1. The number of anilines is 1. The van der Waals surface area contributed by atoms with Gasteiger partial charge in [0.25, 0.3) is 0 Å². The van der Waals surface area contributed by atoms with Crippen LogP contribution in [0, 0.1) is 6.92 Å². The Morgan fingerprint density at radius 2 is 1.64 bits per heavy atom. The summed E-state index contributed by atoms with van der Waals surface area (Å²) in [6.45, 7) is 10.7. The summed E-state index contributed by atoms with van der Waals surface area (Å²) < 4.78 is 2.05. The van der Waals surface area contributed by atoms with Gasteiger partial charge in [-0.3, -0.25) is 9.36 Å². The number of carbonyl (C=O) groups is 1. The Bertz CT molecular complexity index is 1290. The maximum atomic E-state index is 13.4. The number of aryl methyl sites for hydroxylation is 1. The van der Waals surface area contributed by atoms with Crippen LogP contribution in [-0.4, -0.2) is 15.5 Å². The van der Waals surface area contributed by atoms with Gasteiger partial charge in [-0.1, -0.05) is 75.7 Å². The third-order valence-corrected chi connectivity index (χ3v) is 6.23. The number of halogens is 1. The third-order valence-electron chi connectivity index (χ3n) is 6.00. The molecule has 0 aliphatic rings. The summed E-state index contributed by atoms with van der Waals surface area (Å²) >= 11 is 6.31. The molecular weight excluding hydrogens is 430 g/mol. The number of hydrogen-bond donors (Lipinski definition) is 1. The molecule has 0 saturated heterocycles. The van der Waals surface area contributed by atoms with Gasteiger partial charge in [0.15, 0.2) is 0 Å². The van der Waals surface area contributed by atoms with E-state index in [4.69, 9.17) is 16.6 Å². The van der Waals surface area contributed by atoms with Gasteiger partial charge in [0.05, 0.1) is 23.1 Å². The summed E-state index contributed by atoms with van der Waals surface area (Å²) in [4.78, 5) is 18.2. The van der Waals surface area contributed by atoms with Crippen LogP contribution in [0.4, 0.5) is 5.69 Å². The van der Waals surface area contributed by atoms with Crippen molar-refractivity contribution in [3.8, 4) is 5.69 Å². The SMILES string of the molecule is Cc1ccccc1-n1c(CC(=O)Nc2c(C(C)C)cccc2C(C)C)nc2ccc(Cl)cc21. The summed E-state index contributed by atoms with van der Waals surface area (Å²) in [5, 5.41) is 3.86. The zero-order valence-electron chi connectivity index (χ0n) is 19.8. The average Bonchev–Trinajstić information content (AvgIpc) is 3.10. The molecule has 4 rings (SSSR count). The van der Waals surface area contributed by atoms with E-state index >= 15 is 0 Å². The minimum absolute atomic E-state index is 0.0822. The molecule has 4 aromatic rings. The molecule has 0 atom stereocenters. The lowest BCUT2D eigenvalue weighted by molar-refractivity contribution is -0.115. The maximum Gasteiger partial charge on any atom is 0.232 e. The van der Waals surface area contributed by atoms with Crippen molar-refractivity contribution >= 4 is 34.2 Å². The minimum Gasteiger partial charge on any atom is -0.325 e. The van der Waals surface area contributed by atoms with Crippen LogP contribution in [0.15, 0.2) is 60.7 Å². The van der Waals surface area contributed by atoms with Crippen LogP contribution in [0.2, 0.25) is 5.02 Å². The molecule has 0 unspecified atom stereocenters. The Morgan fingerprint density at radius 3 is 2.27 bits per heavy atom. The molecule has 3 aromatic carbocycles. The highest BCUT2D eigenvalue weighted by Gasteiger charge is 2.20. The third kappa shape index (κ3) is 4.67. The number of para-hydroxylation sites is 2. The second kappa shape index (κ2) is 9.40. The highest BCUT2D eigenvalue weighted by atomic mass is 35.5. The zero-order chi connectivity index (χ0) is 23.7. The topological polar surface area (TPSA) is 46.9 Å². The number of nitrogens with one attached hydrogen (secondary N) is 1. The van der Waals surface area contributed by atoms with Crippen LogP contribution < -0.4 is 5.32 Å². The summed E-state index contributed by atoms with van der Waals surface area (Å²) in [5.74, 6) is 1.21. The Labute approximate surface area is 200 Å². The molecule has 1 heterocycles. The Morgan fingerprint density at radius 1 is 0.970 bits per heavy atom. The van der Waals surface area contributed by atoms with Gasteiger partial charge in [-0.2, -0.15) is 0 Å². The van der Waals surface area contributed by atoms with Crippen molar-refractivity contribution in [3.05, 3.63) is 88.2 Å². The predicted octanol–water partition coefficient (Wildman–Crippen LogP) is 7.42. The minimum atomic E-state index is -0.0822. The number of carbonyl (C=O) groups excluding carboxylic acids is 1. The van der Waals surface area contributed by atoms with Crippen LogP contribution in [0.5, 0.6) is 0 Å². The van der Waals surface area contributed by atoms with Gasteiger partial charge in [0.2, 0.25) is 5.91 Å². The fourth-order valence-electron chi connectivity index (χ4n) is 4.32. The molecular formula is C28H30ClN3O. The van der Waals surface area contributed by atoms with Gasteiger partial charge >= 0.3 is 0 Å². The monoisotopic (exact) mass is 459 g/mol. The molecule has 5 heteroatoms. The fraction of sp³-hybridized carbons (Fsp3) is 0.286. The first kappa shape index (κ1) is 23.1. The Kier molecular flexibility index (Phi) is 6.57. The van der Waals surface area contributed by atoms with E-state index in [2.05, 4.69) is 64.2 Å². The van der Waals surface area contributed by atoms with E-state index in [0.29, 0.717) is 22.7 Å². The normalized spacial score (nSPS) is 11.5. The maximum absolute atomic E-state index is 13.4. The first-order chi connectivity index (χ1) is 15.8. The molecule has 0 aliphatic heterocycles. The van der Waals surface area contributed by atoms with Crippen LogP contribution in [-0.2, 0) is 11.2 Å². The largest absolute Gasteiger partial charge is 0.325 e.